The lowest BCUT2D eigenvalue weighted by molar-refractivity contribution is 0.0892. The first kappa shape index (κ1) is 12.7. The highest BCUT2D eigenvalue weighted by molar-refractivity contribution is 6.01. The normalized spacial score (nSPS) is 12.9. The van der Waals surface area contributed by atoms with Gasteiger partial charge in [-0.1, -0.05) is 19.9 Å². The van der Waals surface area contributed by atoms with Crippen LogP contribution in [0.3, 0.4) is 0 Å². The number of carbonyl (C=O) groups excluding carboxylic acids is 1. The van der Waals surface area contributed by atoms with Crippen LogP contribution in [0.15, 0.2) is 36.5 Å². The van der Waals surface area contributed by atoms with Crippen LogP contribution in [0.25, 0.3) is 10.9 Å². The third-order valence-corrected chi connectivity index (χ3v) is 3.28. The predicted octanol–water partition coefficient (Wildman–Crippen LogP) is 2.65. The smallest absolute Gasteiger partial charge is 0.167 e. The molecule has 0 aliphatic heterocycles. The Hall–Kier alpha value is -1.74. The van der Waals surface area contributed by atoms with Crippen LogP contribution in [-0.4, -0.2) is 17.3 Å². The van der Waals surface area contributed by atoms with Crippen LogP contribution >= 0.6 is 0 Å². The summed E-state index contributed by atoms with van der Waals surface area (Å²) in [6.07, 6.45) is 1.75. The van der Waals surface area contributed by atoms with Crippen molar-refractivity contribution >= 4 is 16.7 Å². The van der Waals surface area contributed by atoms with E-state index in [-0.39, 0.29) is 17.6 Å². The zero-order valence-corrected chi connectivity index (χ0v) is 10.8. The summed E-state index contributed by atoms with van der Waals surface area (Å²) < 4.78 is 0. The number of pyridine rings is 1. The average Bonchev–Trinajstić information content (AvgIpc) is 2.38. The highest BCUT2D eigenvalue weighted by atomic mass is 16.1. The number of carbonyl (C=O) groups is 1. The molecule has 1 aromatic heterocycles. The zero-order chi connectivity index (χ0) is 13.1. The van der Waals surface area contributed by atoms with Crippen LogP contribution in [0.2, 0.25) is 0 Å². The number of hydrogen-bond donors (Lipinski definition) is 1. The molecule has 3 heteroatoms. The second-order valence-corrected chi connectivity index (χ2v) is 4.86. The van der Waals surface area contributed by atoms with Crippen molar-refractivity contribution in [3.8, 4) is 0 Å². The fraction of sp³-hybridized carbons (Fsp3) is 0.333. The number of aromatic nitrogens is 1. The maximum Gasteiger partial charge on any atom is 0.167 e. The first-order chi connectivity index (χ1) is 8.63. The first-order valence-corrected chi connectivity index (χ1v) is 6.22. The highest BCUT2D eigenvalue weighted by Crippen LogP contribution is 2.19. The summed E-state index contributed by atoms with van der Waals surface area (Å²) in [7, 11) is 0. The molecule has 0 bridgehead atoms. The molecule has 3 nitrogen and oxygen atoms in total. The van der Waals surface area contributed by atoms with Gasteiger partial charge in [-0.2, -0.15) is 0 Å². The Kier molecular flexibility index (Phi) is 3.72. The van der Waals surface area contributed by atoms with E-state index in [9.17, 15) is 4.79 Å². The monoisotopic (exact) mass is 242 g/mol. The Morgan fingerprint density at radius 3 is 2.78 bits per heavy atom. The number of Topliss-reactive ketones (excluding diaryl/α,β-unsaturated/α-hetero) is 1. The molecule has 0 fully saturated rings. The molecule has 1 atom stereocenters. The van der Waals surface area contributed by atoms with E-state index in [2.05, 4.69) is 4.98 Å². The largest absolute Gasteiger partial charge is 0.330 e. The summed E-state index contributed by atoms with van der Waals surface area (Å²) in [4.78, 5) is 16.6. The van der Waals surface area contributed by atoms with Crippen LogP contribution in [0.1, 0.15) is 24.2 Å². The van der Waals surface area contributed by atoms with Gasteiger partial charge in [0.2, 0.25) is 0 Å². The Labute approximate surface area is 107 Å². The second kappa shape index (κ2) is 5.27. The molecule has 2 aromatic rings. The number of fused-ring (bicyclic) bond motifs is 1. The number of hydrogen-bond acceptors (Lipinski definition) is 3. The molecule has 0 aliphatic rings. The van der Waals surface area contributed by atoms with Crippen molar-refractivity contribution in [1.29, 1.82) is 0 Å². The molecular formula is C15H18N2O. The van der Waals surface area contributed by atoms with Crippen LogP contribution in [0.4, 0.5) is 0 Å². The lowest BCUT2D eigenvalue weighted by atomic mass is 9.88. The summed E-state index contributed by atoms with van der Waals surface area (Å²) in [6.45, 7) is 4.44. The quantitative estimate of drug-likeness (QED) is 0.838. The van der Waals surface area contributed by atoms with Crippen LogP contribution in [-0.2, 0) is 0 Å². The Bertz CT molecular complexity index is 563. The summed E-state index contributed by atoms with van der Waals surface area (Å²) in [5.74, 6) is 0.268. The summed E-state index contributed by atoms with van der Waals surface area (Å²) in [5.41, 5.74) is 7.32. The van der Waals surface area contributed by atoms with Gasteiger partial charge in [-0.15, -0.1) is 0 Å². The van der Waals surface area contributed by atoms with Gasteiger partial charge in [-0.05, 0) is 30.2 Å². The lowest BCUT2D eigenvalue weighted by Crippen LogP contribution is -2.28. The topological polar surface area (TPSA) is 56.0 Å². The van der Waals surface area contributed by atoms with Crippen molar-refractivity contribution in [3.05, 3.63) is 42.1 Å². The molecule has 0 radical (unpaired) electrons. The first-order valence-electron chi connectivity index (χ1n) is 6.22. The minimum Gasteiger partial charge on any atom is -0.330 e. The molecule has 0 saturated heterocycles. The zero-order valence-electron chi connectivity index (χ0n) is 10.8. The second-order valence-electron chi connectivity index (χ2n) is 4.86. The van der Waals surface area contributed by atoms with Gasteiger partial charge in [0.05, 0.1) is 5.52 Å². The van der Waals surface area contributed by atoms with Gasteiger partial charge in [0.25, 0.3) is 0 Å². The van der Waals surface area contributed by atoms with E-state index >= 15 is 0 Å². The maximum absolute atomic E-state index is 12.4. The number of rotatable bonds is 4. The lowest BCUT2D eigenvalue weighted by Gasteiger charge is -2.17. The van der Waals surface area contributed by atoms with Gasteiger partial charge >= 0.3 is 0 Å². The van der Waals surface area contributed by atoms with Gasteiger partial charge in [0.15, 0.2) is 5.78 Å². The van der Waals surface area contributed by atoms with Crippen molar-refractivity contribution in [2.45, 2.75) is 13.8 Å². The molecule has 18 heavy (non-hydrogen) atoms. The average molecular weight is 242 g/mol. The van der Waals surface area contributed by atoms with Crippen LogP contribution in [0, 0.1) is 11.8 Å². The van der Waals surface area contributed by atoms with Gasteiger partial charge in [-0.3, -0.25) is 9.78 Å². The van der Waals surface area contributed by atoms with E-state index in [0.717, 1.165) is 16.5 Å². The molecule has 2 N–H and O–H groups in total. The van der Waals surface area contributed by atoms with Crippen molar-refractivity contribution in [3.63, 3.8) is 0 Å². The highest BCUT2D eigenvalue weighted by Gasteiger charge is 2.21. The molecule has 2 rings (SSSR count). The Balaban J connectivity index is 2.38. The van der Waals surface area contributed by atoms with Gasteiger partial charge in [0, 0.05) is 29.6 Å². The Morgan fingerprint density at radius 1 is 1.33 bits per heavy atom. The third-order valence-electron chi connectivity index (χ3n) is 3.28. The summed E-state index contributed by atoms with van der Waals surface area (Å²) in [6, 6.07) is 9.46. The minimum atomic E-state index is -0.112. The van der Waals surface area contributed by atoms with Crippen LogP contribution in [0.5, 0.6) is 0 Å². The standard InChI is InChI=1S/C15H18N2O/c1-10(2)13(9-16)15(18)12-5-6-14-11(8-12)4-3-7-17-14/h3-8,10,13H,9,16H2,1-2H3. The minimum absolute atomic E-state index is 0.112. The van der Waals surface area contributed by atoms with E-state index in [1.807, 2.05) is 44.2 Å². The molecule has 0 amide bonds. The molecule has 0 saturated carbocycles. The van der Waals surface area contributed by atoms with Crippen LogP contribution < -0.4 is 5.73 Å². The summed E-state index contributed by atoms with van der Waals surface area (Å²) in [5, 5.41) is 0.989. The number of nitrogens with two attached hydrogens (primary N) is 1. The van der Waals surface area contributed by atoms with E-state index in [1.54, 1.807) is 6.20 Å². The molecule has 1 heterocycles. The van der Waals surface area contributed by atoms with Gasteiger partial charge < -0.3 is 5.73 Å². The van der Waals surface area contributed by atoms with E-state index < -0.39 is 0 Å². The van der Waals surface area contributed by atoms with Gasteiger partial charge in [0.1, 0.15) is 0 Å². The fourth-order valence-electron chi connectivity index (χ4n) is 2.12. The third kappa shape index (κ3) is 2.41. The number of ketones is 1. The maximum atomic E-state index is 12.4. The number of nitrogens with zero attached hydrogens (tertiary/aromatic N) is 1. The fourth-order valence-corrected chi connectivity index (χ4v) is 2.12. The SMILES string of the molecule is CC(C)C(CN)C(=O)c1ccc2ncccc2c1. The van der Waals surface area contributed by atoms with Gasteiger partial charge in [-0.25, -0.2) is 0 Å². The molecule has 0 spiro atoms. The van der Waals surface area contributed by atoms with Crippen molar-refractivity contribution in [2.24, 2.45) is 17.6 Å². The van der Waals surface area contributed by atoms with E-state index in [1.165, 1.54) is 0 Å². The van der Waals surface area contributed by atoms with Crippen molar-refractivity contribution < 1.29 is 4.79 Å². The predicted molar refractivity (Wildman–Crippen MR) is 73.5 cm³/mol. The molecule has 94 valence electrons. The van der Waals surface area contributed by atoms with E-state index in [0.29, 0.717) is 6.54 Å². The Morgan fingerprint density at radius 2 is 2.11 bits per heavy atom. The van der Waals surface area contributed by atoms with Crippen molar-refractivity contribution in [2.75, 3.05) is 6.54 Å². The molecule has 1 aromatic carbocycles. The van der Waals surface area contributed by atoms with E-state index in [4.69, 9.17) is 5.73 Å². The molecule has 0 aliphatic carbocycles. The van der Waals surface area contributed by atoms with Crippen molar-refractivity contribution in [1.82, 2.24) is 4.98 Å². The molecular weight excluding hydrogens is 224 g/mol. The summed E-state index contributed by atoms with van der Waals surface area (Å²) >= 11 is 0. The number of benzene rings is 1. The molecule has 1 unspecified atom stereocenters.